The van der Waals surface area contributed by atoms with Crippen LogP contribution in [0.2, 0.25) is 0 Å². The Morgan fingerprint density at radius 2 is 1.84 bits per heavy atom. The molecule has 4 nitrogen and oxygen atoms in total. The monoisotopic (exact) mass is 358 g/mol. The molecule has 2 aromatic carbocycles. The van der Waals surface area contributed by atoms with E-state index in [0.29, 0.717) is 11.3 Å². The molecular formula is C18H12F2N2O2S. The highest BCUT2D eigenvalue weighted by molar-refractivity contribution is 7.99. The summed E-state index contributed by atoms with van der Waals surface area (Å²) < 4.78 is 27.5. The summed E-state index contributed by atoms with van der Waals surface area (Å²) in [5.74, 6) is -1.14. The number of benzene rings is 2. The molecule has 0 unspecified atom stereocenters. The SMILES string of the molecule is O=C(CSc1nccn(-c2cccc(F)c2)c1=O)c1ccc(F)cc1. The molecular weight excluding hydrogens is 346 g/mol. The van der Waals surface area contributed by atoms with Gasteiger partial charge in [-0.1, -0.05) is 17.8 Å². The molecule has 0 amide bonds. The smallest absolute Gasteiger partial charge is 0.287 e. The summed E-state index contributed by atoms with van der Waals surface area (Å²) >= 11 is 0.986. The van der Waals surface area contributed by atoms with E-state index in [-0.39, 0.29) is 16.6 Å². The standard InChI is InChI=1S/C18H12F2N2O2S/c19-13-6-4-12(5-7-13)16(23)11-25-17-18(24)22(9-8-21-17)15-3-1-2-14(20)10-15/h1-10H,11H2. The number of halogens is 2. The van der Waals surface area contributed by atoms with Gasteiger partial charge in [0.15, 0.2) is 10.8 Å². The normalized spacial score (nSPS) is 10.6. The molecule has 126 valence electrons. The Kier molecular flexibility index (Phi) is 5.04. The number of Topliss-reactive ketones (excluding diaryl/α,β-unsaturated/α-hetero) is 1. The van der Waals surface area contributed by atoms with Crippen molar-refractivity contribution in [1.29, 1.82) is 0 Å². The van der Waals surface area contributed by atoms with Crippen molar-refractivity contribution < 1.29 is 13.6 Å². The zero-order chi connectivity index (χ0) is 17.8. The number of nitrogens with zero attached hydrogens (tertiary/aromatic N) is 2. The first-order valence-electron chi connectivity index (χ1n) is 7.30. The van der Waals surface area contributed by atoms with Gasteiger partial charge in [0.2, 0.25) is 0 Å². The van der Waals surface area contributed by atoms with E-state index < -0.39 is 17.2 Å². The highest BCUT2D eigenvalue weighted by Crippen LogP contribution is 2.15. The van der Waals surface area contributed by atoms with Crippen molar-refractivity contribution >= 4 is 17.5 Å². The Bertz CT molecular complexity index is 971. The van der Waals surface area contributed by atoms with Gasteiger partial charge in [-0.3, -0.25) is 14.2 Å². The van der Waals surface area contributed by atoms with E-state index in [9.17, 15) is 18.4 Å². The maximum Gasteiger partial charge on any atom is 0.287 e. The van der Waals surface area contributed by atoms with E-state index in [2.05, 4.69) is 4.98 Å². The number of aromatic nitrogens is 2. The molecule has 3 aromatic rings. The predicted molar refractivity (Wildman–Crippen MR) is 91.2 cm³/mol. The van der Waals surface area contributed by atoms with Gasteiger partial charge in [0.05, 0.1) is 11.4 Å². The Morgan fingerprint density at radius 1 is 1.08 bits per heavy atom. The molecule has 1 aromatic heterocycles. The fourth-order valence-electron chi connectivity index (χ4n) is 2.17. The summed E-state index contributed by atoms with van der Waals surface area (Å²) in [7, 11) is 0. The second-order valence-corrected chi connectivity index (χ2v) is 6.07. The number of thioether (sulfide) groups is 1. The summed E-state index contributed by atoms with van der Waals surface area (Å²) in [6.45, 7) is 0. The minimum Gasteiger partial charge on any atom is -0.293 e. The number of rotatable bonds is 5. The Labute approximate surface area is 146 Å². The molecule has 0 aliphatic rings. The second-order valence-electron chi connectivity index (χ2n) is 5.11. The largest absolute Gasteiger partial charge is 0.293 e. The van der Waals surface area contributed by atoms with Crippen LogP contribution in [0.4, 0.5) is 8.78 Å². The minimum absolute atomic E-state index is 0.0129. The van der Waals surface area contributed by atoms with Crippen molar-refractivity contribution in [2.24, 2.45) is 0 Å². The third-order valence-corrected chi connectivity index (χ3v) is 4.36. The number of carbonyl (C=O) groups excluding carboxylic acids is 1. The molecule has 0 saturated carbocycles. The van der Waals surface area contributed by atoms with Gasteiger partial charge in [-0.25, -0.2) is 13.8 Å². The molecule has 0 radical (unpaired) electrons. The summed E-state index contributed by atoms with van der Waals surface area (Å²) in [6, 6.07) is 10.8. The topological polar surface area (TPSA) is 52.0 Å². The lowest BCUT2D eigenvalue weighted by Crippen LogP contribution is -2.21. The van der Waals surface area contributed by atoms with Crippen LogP contribution in [0.25, 0.3) is 5.69 Å². The first kappa shape index (κ1) is 17.0. The van der Waals surface area contributed by atoms with Crippen LogP contribution in [-0.4, -0.2) is 21.1 Å². The predicted octanol–water partition coefficient (Wildman–Crippen LogP) is 3.49. The molecule has 0 aliphatic heterocycles. The van der Waals surface area contributed by atoms with Gasteiger partial charge >= 0.3 is 0 Å². The van der Waals surface area contributed by atoms with Crippen LogP contribution in [-0.2, 0) is 0 Å². The second kappa shape index (κ2) is 7.40. The maximum atomic E-state index is 13.3. The van der Waals surface area contributed by atoms with Gasteiger partial charge < -0.3 is 0 Å². The molecule has 0 atom stereocenters. The lowest BCUT2D eigenvalue weighted by Gasteiger charge is -2.07. The molecule has 1 heterocycles. The zero-order valence-electron chi connectivity index (χ0n) is 12.9. The van der Waals surface area contributed by atoms with Crippen molar-refractivity contribution in [2.75, 3.05) is 5.75 Å². The van der Waals surface area contributed by atoms with Crippen LogP contribution in [0.3, 0.4) is 0 Å². The van der Waals surface area contributed by atoms with Crippen molar-refractivity contribution in [3.63, 3.8) is 0 Å². The third-order valence-electron chi connectivity index (χ3n) is 3.40. The highest BCUT2D eigenvalue weighted by Gasteiger charge is 2.12. The molecule has 0 saturated heterocycles. The average Bonchev–Trinajstić information content (AvgIpc) is 2.61. The van der Waals surface area contributed by atoms with Gasteiger partial charge in [0.25, 0.3) is 5.56 Å². The van der Waals surface area contributed by atoms with Gasteiger partial charge in [0.1, 0.15) is 11.6 Å². The molecule has 0 spiro atoms. The first-order valence-corrected chi connectivity index (χ1v) is 8.28. The van der Waals surface area contributed by atoms with Gasteiger partial charge in [-0.05, 0) is 42.5 Å². The molecule has 7 heteroatoms. The van der Waals surface area contributed by atoms with E-state index in [0.717, 1.165) is 11.8 Å². The third kappa shape index (κ3) is 4.00. The van der Waals surface area contributed by atoms with E-state index >= 15 is 0 Å². The van der Waals surface area contributed by atoms with E-state index in [1.165, 1.54) is 59.4 Å². The zero-order valence-corrected chi connectivity index (χ0v) is 13.7. The van der Waals surface area contributed by atoms with Crippen molar-refractivity contribution in [1.82, 2.24) is 9.55 Å². The van der Waals surface area contributed by atoms with Gasteiger partial charge in [-0.15, -0.1) is 0 Å². The van der Waals surface area contributed by atoms with Crippen LogP contribution in [0.1, 0.15) is 10.4 Å². The van der Waals surface area contributed by atoms with Crippen molar-refractivity contribution in [2.45, 2.75) is 5.03 Å². The Morgan fingerprint density at radius 3 is 2.56 bits per heavy atom. The fourth-order valence-corrected chi connectivity index (χ4v) is 2.97. The summed E-state index contributed by atoms with van der Waals surface area (Å²) in [4.78, 5) is 28.6. The van der Waals surface area contributed by atoms with Crippen molar-refractivity contribution in [3.8, 4) is 5.69 Å². The van der Waals surface area contributed by atoms with Crippen molar-refractivity contribution in [3.05, 3.63) is 88.5 Å². The first-order chi connectivity index (χ1) is 12.0. The molecule has 3 rings (SSSR count). The minimum atomic E-state index is -0.457. The number of hydrogen-bond donors (Lipinski definition) is 0. The number of ketones is 1. The molecule has 0 bridgehead atoms. The van der Waals surface area contributed by atoms with E-state index in [4.69, 9.17) is 0 Å². The number of carbonyl (C=O) groups is 1. The van der Waals surface area contributed by atoms with Gasteiger partial charge in [-0.2, -0.15) is 0 Å². The highest BCUT2D eigenvalue weighted by atomic mass is 32.2. The van der Waals surface area contributed by atoms with Crippen LogP contribution in [0.15, 0.2) is 70.7 Å². The van der Waals surface area contributed by atoms with Gasteiger partial charge in [0, 0.05) is 18.0 Å². The molecule has 0 N–H and O–H groups in total. The van der Waals surface area contributed by atoms with Crippen LogP contribution in [0.5, 0.6) is 0 Å². The average molecular weight is 358 g/mol. The lowest BCUT2D eigenvalue weighted by molar-refractivity contribution is 0.102. The van der Waals surface area contributed by atoms with Crippen LogP contribution < -0.4 is 5.56 Å². The number of hydrogen-bond acceptors (Lipinski definition) is 4. The summed E-state index contributed by atoms with van der Waals surface area (Å²) in [5.41, 5.74) is 0.291. The van der Waals surface area contributed by atoms with E-state index in [1.807, 2.05) is 0 Å². The summed E-state index contributed by atoms with van der Waals surface area (Å²) in [5, 5.41) is 0.127. The maximum absolute atomic E-state index is 13.3. The Balaban J connectivity index is 1.80. The van der Waals surface area contributed by atoms with Crippen LogP contribution >= 0.6 is 11.8 Å². The fraction of sp³-hybridized carbons (Fsp3) is 0.0556. The lowest BCUT2D eigenvalue weighted by atomic mass is 10.1. The molecule has 0 aliphatic carbocycles. The molecule has 25 heavy (non-hydrogen) atoms. The quantitative estimate of drug-likeness (QED) is 0.518. The van der Waals surface area contributed by atoms with Crippen LogP contribution in [0, 0.1) is 11.6 Å². The Hall–Kier alpha value is -2.80. The summed E-state index contributed by atoms with van der Waals surface area (Å²) in [6.07, 6.45) is 2.85. The molecule has 0 fully saturated rings. The van der Waals surface area contributed by atoms with E-state index in [1.54, 1.807) is 6.07 Å².